The van der Waals surface area contributed by atoms with E-state index >= 15 is 0 Å². The van der Waals surface area contributed by atoms with Crippen LogP contribution in [-0.2, 0) is 35.3 Å². The number of carbonyl (C=O) groups is 2. The molecule has 0 radical (unpaired) electrons. The highest BCUT2D eigenvalue weighted by Gasteiger charge is 2.20. The summed E-state index contributed by atoms with van der Waals surface area (Å²) in [7, 11) is 0. The molecule has 0 saturated carbocycles. The monoisotopic (exact) mass is 1100 g/mol. The van der Waals surface area contributed by atoms with Crippen LogP contribution in [0.25, 0.3) is 24.3 Å². The molecule has 5 heterocycles. The summed E-state index contributed by atoms with van der Waals surface area (Å²) >= 11 is 0. The summed E-state index contributed by atoms with van der Waals surface area (Å²) in [6.45, 7) is 37.6. The molecule has 0 spiro atoms. The molecule has 4 aromatic heterocycles. The van der Waals surface area contributed by atoms with E-state index in [-0.39, 0.29) is 11.8 Å². The van der Waals surface area contributed by atoms with Crippen molar-refractivity contribution in [3.05, 3.63) is 88.7 Å². The van der Waals surface area contributed by atoms with Gasteiger partial charge in [-0.25, -0.2) is 0 Å². The van der Waals surface area contributed by atoms with Gasteiger partial charge in [0.25, 0.3) is 0 Å². The van der Waals surface area contributed by atoms with Crippen molar-refractivity contribution in [2.24, 2.45) is 0 Å². The Hall–Kier alpha value is -4.70. The largest absolute Gasteiger partial charge is 0.355 e. The number of H-pyrrole nitrogens is 4. The zero-order valence-electron chi connectivity index (χ0n) is 52.1. The van der Waals surface area contributed by atoms with Gasteiger partial charge in [-0.15, -0.1) is 0 Å². The number of nitrogens with one attached hydrogen (secondary N) is 10. The number of nitrogens with zero attached hydrogens (tertiary/aromatic N) is 2. The Morgan fingerprint density at radius 2 is 0.688 bits per heavy atom. The highest BCUT2D eigenvalue weighted by Crippen LogP contribution is 2.24. The highest BCUT2D eigenvalue weighted by atomic mass is 16.2. The molecule has 1 aliphatic rings. The van der Waals surface area contributed by atoms with Crippen molar-refractivity contribution < 1.29 is 9.59 Å². The van der Waals surface area contributed by atoms with Crippen molar-refractivity contribution in [3.8, 4) is 0 Å². The van der Waals surface area contributed by atoms with E-state index in [1.165, 1.54) is 73.6 Å². The van der Waals surface area contributed by atoms with Crippen molar-refractivity contribution in [2.75, 3.05) is 105 Å². The Bertz CT molecular complexity index is 2690. The molecule has 10 N–H and O–H groups in total. The average Bonchev–Trinajstić information content (AvgIpc) is 4.18. The van der Waals surface area contributed by atoms with Gasteiger partial charge in [0.05, 0.1) is 0 Å². The fourth-order valence-electron chi connectivity index (χ4n) is 11.6. The molecule has 0 saturated heterocycles. The third-order valence-electron chi connectivity index (χ3n) is 16.7. The van der Waals surface area contributed by atoms with E-state index in [0.717, 1.165) is 197 Å². The smallest absolute Gasteiger partial charge is 0.222 e. The maximum atomic E-state index is 14.1. The fourth-order valence-corrected chi connectivity index (χ4v) is 11.6. The first-order chi connectivity index (χ1) is 39.0. The van der Waals surface area contributed by atoms with Gasteiger partial charge in [0.15, 0.2) is 0 Å². The number of rotatable bonds is 42. The number of aromatic nitrogens is 4. The Labute approximate surface area is 483 Å². The van der Waals surface area contributed by atoms with Crippen LogP contribution >= 0.6 is 0 Å². The lowest BCUT2D eigenvalue weighted by atomic mass is 10.0. The van der Waals surface area contributed by atoms with Crippen molar-refractivity contribution >= 4 is 36.1 Å². The lowest BCUT2D eigenvalue weighted by Gasteiger charge is -2.21. The molecule has 2 amide bonds. The summed E-state index contributed by atoms with van der Waals surface area (Å²) in [5.41, 5.74) is 14.0. The predicted octanol–water partition coefficient (Wildman–Crippen LogP) is 6.81. The molecule has 0 aromatic carbocycles. The zero-order chi connectivity index (χ0) is 57.5. The van der Waals surface area contributed by atoms with Crippen LogP contribution in [0.5, 0.6) is 0 Å². The van der Waals surface area contributed by atoms with E-state index in [2.05, 4.69) is 145 Å². The summed E-state index contributed by atoms with van der Waals surface area (Å²) in [5, 5.41) is 25.5. The molecule has 14 heteroatoms. The van der Waals surface area contributed by atoms with Crippen LogP contribution in [0.4, 0.5) is 0 Å². The van der Waals surface area contributed by atoms with Crippen LogP contribution in [0.1, 0.15) is 199 Å². The lowest BCUT2D eigenvalue weighted by Crippen LogP contribution is -2.32. The second kappa shape index (κ2) is 37.4. The van der Waals surface area contributed by atoms with Crippen LogP contribution < -0.4 is 53.3 Å². The van der Waals surface area contributed by atoms with Crippen LogP contribution in [0.15, 0.2) is 0 Å². The highest BCUT2D eigenvalue weighted by molar-refractivity contribution is 5.77. The van der Waals surface area contributed by atoms with Crippen LogP contribution in [0, 0.1) is 27.7 Å². The molecule has 8 bridgehead atoms. The molecule has 14 nitrogen and oxygen atoms in total. The number of hydrogen-bond donors (Lipinski definition) is 10. The third kappa shape index (κ3) is 20.9. The van der Waals surface area contributed by atoms with Gasteiger partial charge in [-0.1, -0.05) is 27.7 Å². The minimum atomic E-state index is 0.203. The second-order valence-electron chi connectivity index (χ2n) is 22.4. The van der Waals surface area contributed by atoms with Crippen LogP contribution in [0.3, 0.4) is 0 Å². The molecule has 4 aromatic rings. The van der Waals surface area contributed by atoms with Crippen LogP contribution in [-0.4, -0.2) is 146 Å². The van der Waals surface area contributed by atoms with Gasteiger partial charge in [-0.05, 0) is 292 Å². The molecule has 0 unspecified atom stereocenters. The minimum Gasteiger partial charge on any atom is -0.355 e. The van der Waals surface area contributed by atoms with E-state index in [4.69, 9.17) is 0 Å². The SMILES string of the molecule is CCNCCCCNCCCCNCCCCN(CC)C(=O)CCc1c2[nH]c(c1C)C=c1[nH]c(c(C)c1CC)=Cc1[nH]c(c(C)c1CC)C=c1[nH]c(c(CCC(=O)N(CC)CCCCNCCCCNCCCCNCC)c1C)=C2. The fraction of sp³-hybridized carbons (Fsp3) is 0.667. The predicted molar refractivity (Wildman–Crippen MR) is 339 cm³/mol. The molecule has 448 valence electrons. The first-order valence-electron chi connectivity index (χ1n) is 32.0. The zero-order valence-corrected chi connectivity index (χ0v) is 52.1. The van der Waals surface area contributed by atoms with E-state index in [1.54, 1.807) is 0 Å². The topological polar surface area (TPSA) is 176 Å². The molecule has 0 fully saturated rings. The van der Waals surface area contributed by atoms with E-state index in [1.807, 2.05) is 9.80 Å². The summed E-state index contributed by atoms with van der Waals surface area (Å²) in [5.74, 6) is 0.406. The Morgan fingerprint density at radius 1 is 0.362 bits per heavy atom. The summed E-state index contributed by atoms with van der Waals surface area (Å²) in [6, 6.07) is 0. The lowest BCUT2D eigenvalue weighted by molar-refractivity contribution is -0.131. The summed E-state index contributed by atoms with van der Waals surface area (Å²) in [6.07, 6.45) is 26.8. The standard InChI is InChI=1S/C66H112N12O2/c1-11-53-49(7)57-45-58-51(9)55(29-31-65(79)77(15-5)43-27-25-41-71-39-23-21-37-69-35-19-17-33-67-13-3)63(75-58)48-64-56(52(10)60(76-64)47-62-54(12-2)50(8)59(74-62)46-61(53)73-57)30-32-66(80)78(16-6)44-28-26-42-72-40-24-22-38-70-36-20-18-34-68-14-4/h45-48,67-76H,11-44H2,1-10H3. The number of aromatic amines is 4. The molecular weight excluding hydrogens is 993 g/mol. The van der Waals surface area contributed by atoms with E-state index < -0.39 is 0 Å². The van der Waals surface area contributed by atoms with Gasteiger partial charge in [-0.2, -0.15) is 0 Å². The van der Waals surface area contributed by atoms with Crippen molar-refractivity contribution in [3.63, 3.8) is 0 Å². The maximum Gasteiger partial charge on any atom is 0.222 e. The molecule has 1 aliphatic heterocycles. The number of unbranched alkanes of at least 4 members (excludes halogenated alkanes) is 6. The number of fused-ring (bicyclic) bond motifs is 8. The van der Waals surface area contributed by atoms with Crippen molar-refractivity contribution in [1.29, 1.82) is 0 Å². The maximum absolute atomic E-state index is 14.1. The molecule has 0 atom stereocenters. The van der Waals surface area contributed by atoms with Crippen LogP contribution in [0.2, 0.25) is 0 Å². The Morgan fingerprint density at radius 3 is 1.10 bits per heavy atom. The second-order valence-corrected chi connectivity index (χ2v) is 22.4. The summed E-state index contributed by atoms with van der Waals surface area (Å²) in [4.78, 5) is 47.7. The number of hydrogen-bond acceptors (Lipinski definition) is 8. The van der Waals surface area contributed by atoms with Gasteiger partial charge in [-0.3, -0.25) is 9.59 Å². The first-order valence-corrected chi connectivity index (χ1v) is 32.0. The van der Waals surface area contributed by atoms with Crippen molar-refractivity contribution in [1.82, 2.24) is 61.6 Å². The quantitative estimate of drug-likeness (QED) is 0.0190. The third-order valence-corrected chi connectivity index (χ3v) is 16.7. The van der Waals surface area contributed by atoms with Crippen molar-refractivity contribution in [2.45, 2.75) is 185 Å². The number of amides is 2. The Balaban J connectivity index is 1.29. The van der Waals surface area contributed by atoms with Gasteiger partial charge < -0.3 is 61.6 Å². The minimum absolute atomic E-state index is 0.203. The molecule has 5 rings (SSSR count). The Kier molecular flexibility index (Phi) is 30.9. The van der Waals surface area contributed by atoms with E-state index in [0.29, 0.717) is 38.8 Å². The van der Waals surface area contributed by atoms with Gasteiger partial charge in [0.1, 0.15) is 0 Å². The normalized spacial score (nSPS) is 12.1. The first kappa shape index (κ1) is 66.1. The molecule has 80 heavy (non-hydrogen) atoms. The molecule has 0 aliphatic carbocycles. The summed E-state index contributed by atoms with van der Waals surface area (Å²) < 4.78 is 0. The number of carbonyl (C=O) groups excluding carboxylic acids is 2. The van der Waals surface area contributed by atoms with Gasteiger partial charge in [0.2, 0.25) is 11.8 Å². The van der Waals surface area contributed by atoms with Gasteiger partial charge in [0, 0.05) is 83.2 Å². The van der Waals surface area contributed by atoms with Gasteiger partial charge >= 0.3 is 0 Å². The average molecular weight is 1110 g/mol. The molecular formula is C66H112N12O2. The van der Waals surface area contributed by atoms with E-state index in [9.17, 15) is 9.59 Å².